The van der Waals surface area contributed by atoms with Crippen molar-refractivity contribution in [2.24, 2.45) is 16.6 Å². The zero-order valence-electron chi connectivity index (χ0n) is 15.8. The van der Waals surface area contributed by atoms with Gasteiger partial charge in [0.15, 0.2) is 5.96 Å². The van der Waals surface area contributed by atoms with E-state index in [0.29, 0.717) is 24.2 Å². The minimum absolute atomic E-state index is 0. The molecule has 3 N–H and O–H groups in total. The van der Waals surface area contributed by atoms with E-state index < -0.39 is 0 Å². The Labute approximate surface area is 178 Å². The number of hydrogen-bond acceptors (Lipinski definition) is 4. The lowest BCUT2D eigenvalue weighted by molar-refractivity contribution is -0.138. The number of nitrogens with zero attached hydrogens (tertiary/aromatic N) is 4. The molecule has 0 radical (unpaired) electrons. The molecule has 1 saturated heterocycles. The first-order chi connectivity index (χ1) is 12.7. The fraction of sp³-hybridized carbons (Fsp3) is 0.632. The van der Waals surface area contributed by atoms with E-state index in [1.807, 2.05) is 18.2 Å². The summed E-state index contributed by atoms with van der Waals surface area (Å²) in [6.45, 7) is 5.00. The maximum Gasteiger partial charge on any atom is 0.225 e. The highest BCUT2D eigenvalue weighted by Crippen LogP contribution is 2.25. The van der Waals surface area contributed by atoms with E-state index in [0.717, 1.165) is 45.6 Å². The van der Waals surface area contributed by atoms with Gasteiger partial charge in [0.1, 0.15) is 5.82 Å². The molecule has 0 spiro atoms. The van der Waals surface area contributed by atoms with Crippen LogP contribution in [0, 0.1) is 5.92 Å². The Hall–Kier alpha value is -1.42. The molecule has 27 heavy (non-hydrogen) atoms. The van der Waals surface area contributed by atoms with Crippen molar-refractivity contribution in [3.63, 3.8) is 0 Å². The van der Waals surface area contributed by atoms with Crippen LogP contribution in [0.25, 0.3) is 0 Å². The summed E-state index contributed by atoms with van der Waals surface area (Å²) in [4.78, 5) is 25.5. The number of aromatic nitrogens is 1. The number of hydrogen-bond donors (Lipinski definition) is 2. The van der Waals surface area contributed by atoms with Crippen LogP contribution < -0.4 is 11.1 Å². The van der Waals surface area contributed by atoms with Crippen molar-refractivity contribution < 1.29 is 4.79 Å². The van der Waals surface area contributed by atoms with Crippen molar-refractivity contribution in [1.82, 2.24) is 14.8 Å². The van der Waals surface area contributed by atoms with Gasteiger partial charge in [0.05, 0.1) is 6.54 Å². The molecule has 7 nitrogen and oxygen atoms in total. The van der Waals surface area contributed by atoms with Crippen molar-refractivity contribution in [1.29, 1.82) is 0 Å². The highest BCUT2D eigenvalue weighted by molar-refractivity contribution is 14.0. The van der Waals surface area contributed by atoms with E-state index >= 15 is 0 Å². The zero-order chi connectivity index (χ0) is 18.2. The maximum absolute atomic E-state index is 12.6. The Morgan fingerprint density at radius 2 is 1.93 bits per heavy atom. The molecule has 2 aliphatic rings. The van der Waals surface area contributed by atoms with Crippen LogP contribution in [0.1, 0.15) is 32.1 Å². The van der Waals surface area contributed by atoms with E-state index in [-0.39, 0.29) is 29.9 Å². The molecule has 2 heterocycles. The number of carbonyl (C=O) groups is 1. The van der Waals surface area contributed by atoms with E-state index in [9.17, 15) is 4.79 Å². The molecule has 1 aromatic rings. The molecule has 1 saturated carbocycles. The molecule has 0 aromatic carbocycles. The van der Waals surface area contributed by atoms with Gasteiger partial charge >= 0.3 is 0 Å². The van der Waals surface area contributed by atoms with Gasteiger partial charge in [-0.25, -0.2) is 4.98 Å². The number of amides is 1. The van der Waals surface area contributed by atoms with Gasteiger partial charge in [0.2, 0.25) is 5.91 Å². The number of anilines is 1. The number of nitrogens with one attached hydrogen (secondary N) is 1. The largest absolute Gasteiger partial charge is 0.370 e. The Kier molecular flexibility index (Phi) is 9.26. The number of rotatable bonds is 5. The van der Waals surface area contributed by atoms with Gasteiger partial charge in [-0.15, -0.1) is 24.0 Å². The van der Waals surface area contributed by atoms with Crippen LogP contribution >= 0.6 is 24.0 Å². The summed E-state index contributed by atoms with van der Waals surface area (Å²) in [7, 11) is 0. The Morgan fingerprint density at radius 3 is 2.59 bits per heavy atom. The smallest absolute Gasteiger partial charge is 0.225 e. The van der Waals surface area contributed by atoms with Crippen LogP contribution in [-0.2, 0) is 4.79 Å². The van der Waals surface area contributed by atoms with Gasteiger partial charge in [-0.3, -0.25) is 14.7 Å². The predicted octanol–water partition coefficient (Wildman–Crippen LogP) is 2.15. The van der Waals surface area contributed by atoms with E-state index in [2.05, 4.69) is 25.1 Å². The van der Waals surface area contributed by atoms with Crippen molar-refractivity contribution in [3.8, 4) is 0 Å². The van der Waals surface area contributed by atoms with Crippen molar-refractivity contribution >= 4 is 41.7 Å². The third kappa shape index (κ3) is 6.91. The molecule has 0 unspecified atom stereocenters. The lowest BCUT2D eigenvalue weighted by Crippen LogP contribution is -2.51. The summed E-state index contributed by atoms with van der Waals surface area (Å²) in [5, 5.41) is 2.98. The number of pyridine rings is 1. The first-order valence-electron chi connectivity index (χ1n) is 9.71. The Morgan fingerprint density at radius 1 is 1.19 bits per heavy atom. The molecule has 0 bridgehead atoms. The minimum atomic E-state index is 0. The summed E-state index contributed by atoms with van der Waals surface area (Å²) in [6, 6.07) is 5.61. The molecule has 1 aliphatic carbocycles. The zero-order valence-corrected chi connectivity index (χ0v) is 18.2. The number of nitrogens with two attached hydrogens (primary N) is 1. The minimum Gasteiger partial charge on any atom is -0.370 e. The molecule has 8 heteroatoms. The number of piperazine rings is 1. The van der Waals surface area contributed by atoms with Gasteiger partial charge in [0, 0.05) is 44.8 Å². The molecule has 2 fully saturated rings. The molecule has 3 rings (SSSR count). The van der Waals surface area contributed by atoms with E-state index in [4.69, 9.17) is 5.73 Å². The summed E-state index contributed by atoms with van der Waals surface area (Å²) in [5.74, 6) is 1.74. The van der Waals surface area contributed by atoms with Gasteiger partial charge in [0.25, 0.3) is 0 Å². The van der Waals surface area contributed by atoms with Crippen LogP contribution in [-0.4, -0.2) is 65.9 Å². The average Bonchev–Trinajstić information content (AvgIpc) is 2.69. The second kappa shape index (κ2) is 11.4. The molecular weight excluding hydrogens is 455 g/mol. The fourth-order valence-electron chi connectivity index (χ4n) is 3.72. The summed E-state index contributed by atoms with van der Waals surface area (Å²) in [6.07, 6.45) is 7.58. The summed E-state index contributed by atoms with van der Waals surface area (Å²) < 4.78 is 0. The van der Waals surface area contributed by atoms with Crippen molar-refractivity contribution in [2.75, 3.05) is 44.6 Å². The Bertz CT molecular complexity index is 597. The lowest BCUT2D eigenvalue weighted by atomic mass is 9.88. The molecule has 0 atom stereocenters. The fourth-order valence-corrected chi connectivity index (χ4v) is 3.72. The first kappa shape index (κ1) is 21.9. The normalized spacial score (nSPS) is 19.4. The van der Waals surface area contributed by atoms with Gasteiger partial charge < -0.3 is 16.0 Å². The third-order valence-electron chi connectivity index (χ3n) is 5.26. The maximum atomic E-state index is 12.6. The number of halogens is 1. The van der Waals surface area contributed by atoms with E-state index in [1.54, 1.807) is 6.20 Å². The van der Waals surface area contributed by atoms with Crippen LogP contribution in [0.5, 0.6) is 0 Å². The predicted molar refractivity (Wildman–Crippen MR) is 119 cm³/mol. The van der Waals surface area contributed by atoms with E-state index in [1.165, 1.54) is 19.3 Å². The molecule has 1 amide bonds. The van der Waals surface area contributed by atoms with Gasteiger partial charge in [-0.05, 0) is 25.0 Å². The van der Waals surface area contributed by atoms with Crippen molar-refractivity contribution in [2.45, 2.75) is 32.1 Å². The topological polar surface area (TPSA) is 86.8 Å². The van der Waals surface area contributed by atoms with Crippen LogP contribution in [0.15, 0.2) is 29.4 Å². The number of carbonyl (C=O) groups excluding carboxylic acids is 1. The molecule has 150 valence electrons. The molecular formula is C19H31IN6O. The van der Waals surface area contributed by atoms with Gasteiger partial charge in [-0.1, -0.05) is 25.3 Å². The monoisotopic (exact) mass is 486 g/mol. The SMILES string of the molecule is I.NC(=NCCN1CCN(C(=O)C2CCCCC2)CC1)Nc1ccccn1. The van der Waals surface area contributed by atoms with Crippen LogP contribution in [0.3, 0.4) is 0 Å². The summed E-state index contributed by atoms with van der Waals surface area (Å²) >= 11 is 0. The van der Waals surface area contributed by atoms with Crippen molar-refractivity contribution in [3.05, 3.63) is 24.4 Å². The highest BCUT2D eigenvalue weighted by atomic mass is 127. The number of aliphatic imine (C=N–C) groups is 1. The number of guanidine groups is 1. The average molecular weight is 486 g/mol. The standard InChI is InChI=1S/C19H30N6O.HI/c20-19(23-17-8-4-5-9-21-17)22-10-11-24-12-14-25(15-13-24)18(26)16-6-2-1-3-7-16;/h4-5,8-9,16H,1-3,6-7,10-15H2,(H3,20,21,22,23);1H. The lowest BCUT2D eigenvalue weighted by Gasteiger charge is -2.37. The second-order valence-corrected chi connectivity index (χ2v) is 7.11. The van der Waals surface area contributed by atoms with Crippen LogP contribution in [0.4, 0.5) is 5.82 Å². The second-order valence-electron chi connectivity index (χ2n) is 7.11. The quantitative estimate of drug-likeness (QED) is 0.379. The summed E-state index contributed by atoms with van der Waals surface area (Å²) in [5.41, 5.74) is 5.89. The first-order valence-corrected chi connectivity index (χ1v) is 9.71. The van der Waals surface area contributed by atoms with Crippen LogP contribution in [0.2, 0.25) is 0 Å². The van der Waals surface area contributed by atoms with Gasteiger partial charge in [-0.2, -0.15) is 0 Å². The molecule has 1 aliphatic heterocycles. The Balaban J connectivity index is 0.00000261. The third-order valence-corrected chi connectivity index (χ3v) is 5.26. The molecule has 1 aromatic heterocycles. The highest BCUT2D eigenvalue weighted by Gasteiger charge is 2.28.